The first kappa shape index (κ1) is 22.3. The Kier molecular flexibility index (Phi) is 7.04. The molecule has 1 aromatic carbocycles. The highest BCUT2D eigenvalue weighted by atomic mass is 16.5. The number of aliphatic hydroxyl groups is 1. The van der Waals surface area contributed by atoms with Crippen LogP contribution in [0.3, 0.4) is 0 Å². The molecule has 2 aromatic rings. The number of nitrogens with zero attached hydrogens (tertiary/aromatic N) is 2. The Morgan fingerprint density at radius 3 is 2.84 bits per heavy atom. The summed E-state index contributed by atoms with van der Waals surface area (Å²) in [5.41, 5.74) is 2.86. The predicted molar refractivity (Wildman–Crippen MR) is 124 cm³/mol. The van der Waals surface area contributed by atoms with E-state index in [4.69, 9.17) is 4.74 Å². The fraction of sp³-hybridized carbons (Fsp3) is 0.407. The van der Waals surface area contributed by atoms with Gasteiger partial charge in [0.25, 0.3) is 0 Å². The first-order valence-electron chi connectivity index (χ1n) is 11.3. The lowest BCUT2D eigenvalue weighted by Gasteiger charge is -2.47. The monoisotopic (exact) mass is 430 g/mol. The van der Waals surface area contributed by atoms with Gasteiger partial charge in [0, 0.05) is 30.6 Å². The normalized spacial score (nSPS) is 23.8. The van der Waals surface area contributed by atoms with Gasteiger partial charge in [-0.3, -0.25) is 14.7 Å². The van der Waals surface area contributed by atoms with Crippen LogP contribution in [0.5, 0.6) is 0 Å². The smallest absolute Gasteiger partial charge is 0.306 e. The van der Waals surface area contributed by atoms with E-state index < -0.39 is 5.60 Å². The van der Waals surface area contributed by atoms with Gasteiger partial charge in [-0.05, 0) is 68.1 Å². The van der Waals surface area contributed by atoms with E-state index in [1.165, 1.54) is 0 Å². The minimum atomic E-state index is -0.919. The molecule has 3 fully saturated rings. The molecule has 1 unspecified atom stereocenters. The van der Waals surface area contributed by atoms with Crippen molar-refractivity contribution >= 4 is 5.97 Å². The molecule has 5 heteroatoms. The fourth-order valence-electron chi connectivity index (χ4n) is 4.56. The Labute approximate surface area is 190 Å². The fourth-order valence-corrected chi connectivity index (χ4v) is 4.56. The zero-order chi connectivity index (χ0) is 22.4. The molecule has 5 rings (SSSR count). The second kappa shape index (κ2) is 10.1. The minimum absolute atomic E-state index is 0.192. The van der Waals surface area contributed by atoms with Gasteiger partial charge < -0.3 is 9.84 Å². The molecule has 1 aromatic heterocycles. The third-order valence-corrected chi connectivity index (χ3v) is 6.40. The molecule has 3 saturated heterocycles. The van der Waals surface area contributed by atoms with Crippen molar-refractivity contribution in [2.45, 2.75) is 44.3 Å². The molecule has 4 heterocycles. The molecular formula is C27H30N2O3. The van der Waals surface area contributed by atoms with E-state index in [9.17, 15) is 9.90 Å². The topological polar surface area (TPSA) is 62.7 Å². The van der Waals surface area contributed by atoms with Gasteiger partial charge in [0.1, 0.15) is 12.2 Å². The molecule has 2 bridgehead atoms. The standard InChI is InChI=1S/C27H30N2O3/c1-2-5-23-18-21(8-10-26(30)32-19-25-6-3-4-15-28-25)7-9-22(23)11-14-27(31)20-29-16-12-24(27)13-17-29/h2-4,6-7,9,15,18,24,31H,1,5,8,10,12-13,16-17,19-20H2. The zero-order valence-corrected chi connectivity index (χ0v) is 18.4. The highest BCUT2D eigenvalue weighted by molar-refractivity contribution is 5.69. The largest absolute Gasteiger partial charge is 0.459 e. The number of fused-ring (bicyclic) bond motifs is 3. The molecule has 0 saturated carbocycles. The summed E-state index contributed by atoms with van der Waals surface area (Å²) in [6.45, 7) is 6.83. The maximum absolute atomic E-state index is 12.1. The van der Waals surface area contributed by atoms with E-state index in [1.54, 1.807) is 6.20 Å². The number of esters is 1. The highest BCUT2D eigenvalue weighted by Crippen LogP contribution is 2.35. The molecule has 3 aliphatic rings. The van der Waals surface area contributed by atoms with Crippen molar-refractivity contribution in [3.63, 3.8) is 0 Å². The van der Waals surface area contributed by atoms with E-state index in [0.717, 1.165) is 48.3 Å². The number of pyridine rings is 1. The molecule has 3 aliphatic heterocycles. The first-order chi connectivity index (χ1) is 15.6. The van der Waals surface area contributed by atoms with Crippen molar-refractivity contribution in [3.05, 3.63) is 77.6 Å². The molecule has 0 radical (unpaired) electrons. The van der Waals surface area contributed by atoms with Gasteiger partial charge in [-0.25, -0.2) is 0 Å². The summed E-state index contributed by atoms with van der Waals surface area (Å²) >= 11 is 0. The lowest BCUT2D eigenvalue weighted by atomic mass is 9.75. The molecule has 0 spiro atoms. The molecule has 32 heavy (non-hydrogen) atoms. The molecule has 1 N–H and O–H groups in total. The number of rotatable bonds is 7. The van der Waals surface area contributed by atoms with E-state index in [2.05, 4.69) is 34.4 Å². The van der Waals surface area contributed by atoms with Gasteiger partial charge >= 0.3 is 5.97 Å². The van der Waals surface area contributed by atoms with Crippen LogP contribution in [0.15, 0.2) is 55.3 Å². The van der Waals surface area contributed by atoms with Crippen molar-refractivity contribution in [1.82, 2.24) is 9.88 Å². The van der Waals surface area contributed by atoms with Crippen LogP contribution in [0, 0.1) is 17.8 Å². The quantitative estimate of drug-likeness (QED) is 0.415. The van der Waals surface area contributed by atoms with Crippen LogP contribution in [0.4, 0.5) is 0 Å². The molecule has 0 aliphatic carbocycles. The van der Waals surface area contributed by atoms with E-state index in [1.807, 2.05) is 36.4 Å². The molecule has 166 valence electrons. The van der Waals surface area contributed by atoms with Crippen LogP contribution in [-0.2, 0) is 29.0 Å². The minimum Gasteiger partial charge on any atom is -0.459 e. The number of hydrogen-bond acceptors (Lipinski definition) is 5. The summed E-state index contributed by atoms with van der Waals surface area (Å²) in [5.74, 6) is 6.47. The summed E-state index contributed by atoms with van der Waals surface area (Å²) < 4.78 is 5.32. The molecule has 0 amide bonds. The van der Waals surface area contributed by atoms with Crippen molar-refractivity contribution in [3.8, 4) is 11.8 Å². The van der Waals surface area contributed by atoms with Crippen molar-refractivity contribution in [1.29, 1.82) is 0 Å². The SMILES string of the molecule is C=CCc1cc(CCC(=O)OCc2ccccn2)ccc1C#CC1(O)CN2CCC1CC2. The lowest BCUT2D eigenvalue weighted by molar-refractivity contribution is -0.145. The number of benzene rings is 1. The summed E-state index contributed by atoms with van der Waals surface area (Å²) in [6, 6.07) is 11.6. The Hall–Kier alpha value is -2.94. The third kappa shape index (κ3) is 5.45. The Balaban J connectivity index is 1.39. The van der Waals surface area contributed by atoms with Gasteiger partial charge in [-0.1, -0.05) is 36.1 Å². The number of carbonyl (C=O) groups is 1. The van der Waals surface area contributed by atoms with Crippen LogP contribution in [0.2, 0.25) is 0 Å². The van der Waals surface area contributed by atoms with Crippen LogP contribution < -0.4 is 0 Å². The predicted octanol–water partition coefficient (Wildman–Crippen LogP) is 3.29. The van der Waals surface area contributed by atoms with Crippen molar-refractivity contribution in [2.75, 3.05) is 19.6 Å². The van der Waals surface area contributed by atoms with Gasteiger partial charge in [-0.2, -0.15) is 0 Å². The number of piperidine rings is 3. The van der Waals surface area contributed by atoms with E-state index in [-0.39, 0.29) is 18.5 Å². The average molecular weight is 431 g/mol. The molecule has 1 atom stereocenters. The third-order valence-electron chi connectivity index (χ3n) is 6.40. The highest BCUT2D eigenvalue weighted by Gasteiger charge is 2.44. The number of ether oxygens (including phenoxy) is 1. The van der Waals surface area contributed by atoms with E-state index >= 15 is 0 Å². The van der Waals surface area contributed by atoms with Gasteiger partial charge in [0.05, 0.1) is 5.69 Å². The van der Waals surface area contributed by atoms with Crippen molar-refractivity contribution < 1.29 is 14.6 Å². The van der Waals surface area contributed by atoms with E-state index in [0.29, 0.717) is 25.8 Å². The molecule has 5 nitrogen and oxygen atoms in total. The summed E-state index contributed by atoms with van der Waals surface area (Å²) in [6.07, 6.45) is 7.16. The first-order valence-corrected chi connectivity index (χ1v) is 11.3. The number of aromatic nitrogens is 1. The summed E-state index contributed by atoms with van der Waals surface area (Å²) in [4.78, 5) is 18.6. The lowest BCUT2D eigenvalue weighted by Crippen LogP contribution is -2.58. The van der Waals surface area contributed by atoms with Crippen LogP contribution >= 0.6 is 0 Å². The maximum atomic E-state index is 12.1. The van der Waals surface area contributed by atoms with Gasteiger partial charge in [0.2, 0.25) is 0 Å². The number of aryl methyl sites for hydroxylation is 1. The Morgan fingerprint density at radius 1 is 1.31 bits per heavy atom. The van der Waals surface area contributed by atoms with Crippen LogP contribution in [0.1, 0.15) is 41.6 Å². The Morgan fingerprint density at radius 2 is 2.16 bits per heavy atom. The summed E-state index contributed by atoms with van der Waals surface area (Å²) in [5, 5.41) is 11.1. The van der Waals surface area contributed by atoms with Gasteiger partial charge in [0.15, 0.2) is 0 Å². The average Bonchev–Trinajstić information content (AvgIpc) is 2.82. The zero-order valence-electron chi connectivity index (χ0n) is 18.4. The second-order valence-corrected chi connectivity index (χ2v) is 8.69. The Bertz CT molecular complexity index is 1020. The van der Waals surface area contributed by atoms with Gasteiger partial charge in [-0.15, -0.1) is 6.58 Å². The second-order valence-electron chi connectivity index (χ2n) is 8.69. The number of hydrogen-bond donors (Lipinski definition) is 1. The van der Waals surface area contributed by atoms with Crippen LogP contribution in [0.25, 0.3) is 0 Å². The number of allylic oxidation sites excluding steroid dienone is 1. The summed E-state index contributed by atoms with van der Waals surface area (Å²) in [7, 11) is 0. The number of carbonyl (C=O) groups excluding carboxylic acids is 1. The van der Waals surface area contributed by atoms with Crippen LogP contribution in [-0.4, -0.2) is 46.2 Å². The molecular weight excluding hydrogens is 400 g/mol. The maximum Gasteiger partial charge on any atom is 0.306 e. The van der Waals surface area contributed by atoms with Crippen molar-refractivity contribution in [2.24, 2.45) is 5.92 Å².